The highest BCUT2D eigenvalue weighted by atomic mass is 15.2. The summed E-state index contributed by atoms with van der Waals surface area (Å²) in [6.45, 7) is 2.17. The molecule has 0 radical (unpaired) electrons. The van der Waals surface area contributed by atoms with Crippen LogP contribution in [0.25, 0.3) is 17.0 Å². The quantitative estimate of drug-likeness (QED) is 0.808. The Kier molecular flexibility index (Phi) is 3.71. The Morgan fingerprint density at radius 2 is 2.00 bits per heavy atom. The van der Waals surface area contributed by atoms with Gasteiger partial charge in [0.2, 0.25) is 0 Å². The normalized spacial score (nSPS) is 15.9. The largest absolute Gasteiger partial charge is 0.357 e. The van der Waals surface area contributed by atoms with Gasteiger partial charge in [0, 0.05) is 19.3 Å². The molecular weight excluding hydrogens is 286 g/mol. The Labute approximate surface area is 136 Å². The smallest absolute Gasteiger partial charge is 0.137 e. The molecular formula is C18H21N5. The van der Waals surface area contributed by atoms with Gasteiger partial charge >= 0.3 is 0 Å². The van der Waals surface area contributed by atoms with E-state index in [2.05, 4.69) is 44.8 Å². The van der Waals surface area contributed by atoms with Crippen molar-refractivity contribution in [3.63, 3.8) is 0 Å². The van der Waals surface area contributed by atoms with Crippen LogP contribution in [0.4, 0.5) is 5.82 Å². The van der Waals surface area contributed by atoms with Gasteiger partial charge in [0.1, 0.15) is 11.5 Å². The first-order chi connectivity index (χ1) is 11.3. The Morgan fingerprint density at radius 1 is 1.13 bits per heavy atom. The number of imidazole rings is 1. The van der Waals surface area contributed by atoms with Crippen LogP contribution in [0.3, 0.4) is 0 Å². The summed E-state index contributed by atoms with van der Waals surface area (Å²) in [5.74, 6) is 1.03. The average molecular weight is 307 g/mol. The van der Waals surface area contributed by atoms with E-state index in [9.17, 15) is 0 Å². The number of anilines is 1. The molecule has 5 heteroatoms. The number of fused-ring (bicyclic) bond motifs is 1. The van der Waals surface area contributed by atoms with E-state index in [1.54, 1.807) is 0 Å². The molecule has 1 aliphatic rings. The van der Waals surface area contributed by atoms with Crippen molar-refractivity contribution >= 4 is 11.5 Å². The van der Waals surface area contributed by atoms with E-state index in [4.69, 9.17) is 4.98 Å². The molecule has 1 fully saturated rings. The van der Waals surface area contributed by atoms with Crippen LogP contribution in [0.5, 0.6) is 0 Å². The molecule has 0 aliphatic carbocycles. The molecule has 0 amide bonds. The highest BCUT2D eigenvalue weighted by Gasteiger charge is 2.19. The van der Waals surface area contributed by atoms with Crippen molar-refractivity contribution in [2.24, 2.45) is 0 Å². The summed E-state index contributed by atoms with van der Waals surface area (Å²) < 4.78 is 2.08. The average Bonchev–Trinajstić information content (AvgIpc) is 3.06. The van der Waals surface area contributed by atoms with Gasteiger partial charge in [-0.05, 0) is 50.2 Å². The molecule has 0 saturated carbocycles. The molecule has 1 aliphatic heterocycles. The Balaban J connectivity index is 1.68. The van der Waals surface area contributed by atoms with Gasteiger partial charge in [-0.1, -0.05) is 12.1 Å². The highest BCUT2D eigenvalue weighted by molar-refractivity contribution is 5.62. The van der Waals surface area contributed by atoms with Gasteiger partial charge in [0.05, 0.1) is 17.6 Å². The van der Waals surface area contributed by atoms with Crippen LogP contribution < -0.4 is 10.2 Å². The van der Waals surface area contributed by atoms with Crippen molar-refractivity contribution in [3.05, 3.63) is 48.8 Å². The molecule has 0 spiro atoms. The van der Waals surface area contributed by atoms with Gasteiger partial charge in [-0.15, -0.1) is 0 Å². The number of hydrogen-bond acceptors (Lipinski definition) is 4. The van der Waals surface area contributed by atoms with E-state index in [-0.39, 0.29) is 0 Å². The predicted octanol–water partition coefficient (Wildman–Crippen LogP) is 2.58. The lowest BCUT2D eigenvalue weighted by molar-refractivity contribution is 0.442. The van der Waals surface area contributed by atoms with Gasteiger partial charge in [-0.3, -0.25) is 4.40 Å². The number of rotatable bonds is 3. The number of aromatic nitrogens is 3. The van der Waals surface area contributed by atoms with Crippen LogP contribution in [-0.2, 0) is 0 Å². The van der Waals surface area contributed by atoms with E-state index in [1.807, 2.05) is 30.6 Å². The van der Waals surface area contributed by atoms with Crippen molar-refractivity contribution in [1.29, 1.82) is 0 Å². The monoisotopic (exact) mass is 307 g/mol. The molecule has 4 heterocycles. The van der Waals surface area contributed by atoms with Crippen LogP contribution >= 0.6 is 0 Å². The van der Waals surface area contributed by atoms with Crippen LogP contribution in [0.15, 0.2) is 48.8 Å². The van der Waals surface area contributed by atoms with Crippen LogP contribution in [0, 0.1) is 0 Å². The van der Waals surface area contributed by atoms with Crippen molar-refractivity contribution < 1.29 is 0 Å². The van der Waals surface area contributed by atoms with Gasteiger partial charge < -0.3 is 10.2 Å². The van der Waals surface area contributed by atoms with Crippen molar-refractivity contribution in [3.8, 4) is 11.4 Å². The second kappa shape index (κ2) is 6.01. The molecule has 118 valence electrons. The minimum atomic E-state index is 0.557. The molecule has 4 rings (SSSR count). The summed E-state index contributed by atoms with van der Waals surface area (Å²) in [7, 11) is 2.15. The number of piperidine rings is 1. The predicted molar refractivity (Wildman–Crippen MR) is 92.7 cm³/mol. The van der Waals surface area contributed by atoms with Gasteiger partial charge in [-0.2, -0.15) is 0 Å². The van der Waals surface area contributed by atoms with E-state index in [1.165, 1.54) is 0 Å². The topological polar surface area (TPSA) is 45.5 Å². The molecule has 0 unspecified atom stereocenters. The third-order valence-corrected chi connectivity index (χ3v) is 4.63. The molecule has 3 aromatic heterocycles. The summed E-state index contributed by atoms with van der Waals surface area (Å²) in [5, 5.41) is 3.42. The van der Waals surface area contributed by atoms with Crippen molar-refractivity contribution in [2.75, 3.05) is 25.0 Å². The second-order valence-corrected chi connectivity index (χ2v) is 6.05. The standard InChI is InChI=1S/C18H21N5/c1-22(14-8-10-19-11-9-14)18-7-4-5-15(21-18)16-13-20-17-6-2-3-12-23(16)17/h2-7,12-14,19H,8-11H2,1H3. The van der Waals surface area contributed by atoms with E-state index in [0.717, 1.165) is 48.8 Å². The first kappa shape index (κ1) is 14.2. The molecule has 1 saturated heterocycles. The fourth-order valence-corrected chi connectivity index (χ4v) is 3.27. The molecule has 5 nitrogen and oxygen atoms in total. The third kappa shape index (κ3) is 2.68. The summed E-state index contributed by atoms with van der Waals surface area (Å²) in [6, 6.07) is 12.8. The lowest BCUT2D eigenvalue weighted by Crippen LogP contribution is -2.41. The zero-order chi connectivity index (χ0) is 15.6. The Morgan fingerprint density at radius 3 is 2.87 bits per heavy atom. The molecule has 1 N–H and O–H groups in total. The maximum atomic E-state index is 4.89. The number of nitrogens with one attached hydrogen (secondary N) is 1. The molecule has 0 atom stereocenters. The minimum absolute atomic E-state index is 0.557. The lowest BCUT2D eigenvalue weighted by atomic mass is 10.1. The summed E-state index contributed by atoms with van der Waals surface area (Å²) in [5.41, 5.74) is 2.93. The zero-order valence-electron chi connectivity index (χ0n) is 13.3. The second-order valence-electron chi connectivity index (χ2n) is 6.05. The highest BCUT2D eigenvalue weighted by Crippen LogP contribution is 2.23. The minimum Gasteiger partial charge on any atom is -0.357 e. The molecule has 23 heavy (non-hydrogen) atoms. The fourth-order valence-electron chi connectivity index (χ4n) is 3.27. The molecule has 0 aromatic carbocycles. The molecule has 0 bridgehead atoms. The Bertz CT molecular complexity index is 804. The number of nitrogens with zero attached hydrogens (tertiary/aromatic N) is 4. The van der Waals surface area contributed by atoms with Crippen molar-refractivity contribution in [1.82, 2.24) is 19.7 Å². The first-order valence-electron chi connectivity index (χ1n) is 8.16. The number of hydrogen-bond donors (Lipinski definition) is 1. The van der Waals surface area contributed by atoms with Crippen LogP contribution in [-0.4, -0.2) is 40.5 Å². The Hall–Kier alpha value is -2.40. The summed E-state index contributed by atoms with van der Waals surface area (Å²) in [4.78, 5) is 11.7. The van der Waals surface area contributed by atoms with Crippen LogP contribution in [0.2, 0.25) is 0 Å². The van der Waals surface area contributed by atoms with E-state index < -0.39 is 0 Å². The van der Waals surface area contributed by atoms with Gasteiger partial charge in [0.25, 0.3) is 0 Å². The third-order valence-electron chi connectivity index (χ3n) is 4.63. The van der Waals surface area contributed by atoms with Gasteiger partial charge in [-0.25, -0.2) is 9.97 Å². The maximum absolute atomic E-state index is 4.89. The van der Waals surface area contributed by atoms with E-state index >= 15 is 0 Å². The number of pyridine rings is 2. The van der Waals surface area contributed by atoms with Crippen molar-refractivity contribution in [2.45, 2.75) is 18.9 Å². The van der Waals surface area contributed by atoms with Crippen LogP contribution in [0.1, 0.15) is 12.8 Å². The first-order valence-corrected chi connectivity index (χ1v) is 8.16. The maximum Gasteiger partial charge on any atom is 0.137 e. The zero-order valence-corrected chi connectivity index (χ0v) is 13.3. The lowest BCUT2D eigenvalue weighted by Gasteiger charge is -2.32. The van der Waals surface area contributed by atoms with E-state index in [0.29, 0.717) is 6.04 Å². The van der Waals surface area contributed by atoms with Gasteiger partial charge in [0.15, 0.2) is 0 Å². The fraction of sp³-hybridized carbons (Fsp3) is 0.333. The molecule has 3 aromatic rings. The summed E-state index contributed by atoms with van der Waals surface area (Å²) >= 11 is 0. The SMILES string of the molecule is CN(c1cccc(-c2cnc3ccccn23)n1)C1CCNCC1. The summed E-state index contributed by atoms with van der Waals surface area (Å²) in [6.07, 6.45) is 6.25.